The minimum Gasteiger partial charge on any atom is -0.351 e. The number of nitrogens with two attached hydrogens (primary N) is 1. The Labute approximate surface area is 186 Å². The van der Waals surface area contributed by atoms with Gasteiger partial charge < -0.3 is 16.4 Å². The fraction of sp³-hybridized carbons (Fsp3) is 0.130. The molecule has 0 fully saturated rings. The largest absolute Gasteiger partial charge is 0.351 e. The number of primary amides is 1. The van der Waals surface area contributed by atoms with Crippen LogP contribution in [0, 0.1) is 0 Å². The Morgan fingerprint density at radius 1 is 0.969 bits per heavy atom. The fourth-order valence-electron chi connectivity index (χ4n) is 3.62. The topological polar surface area (TPSA) is 122 Å². The normalized spacial score (nSPS) is 12.8. The average Bonchev–Trinajstić information content (AvgIpc) is 3.23. The minimum absolute atomic E-state index is 0.0729. The van der Waals surface area contributed by atoms with E-state index in [1.54, 1.807) is 42.5 Å². The van der Waals surface area contributed by atoms with E-state index < -0.39 is 16.1 Å². The highest BCUT2D eigenvalue weighted by Crippen LogP contribution is 2.32. The quantitative estimate of drug-likeness (QED) is 0.535. The first-order valence-electron chi connectivity index (χ1n) is 9.99. The summed E-state index contributed by atoms with van der Waals surface area (Å²) in [6.07, 6.45) is 0.656. The molecule has 0 spiro atoms. The molecule has 1 aliphatic heterocycles. The van der Waals surface area contributed by atoms with Crippen LogP contribution >= 0.6 is 0 Å². The number of carbonyl (C=O) groups is 2. The van der Waals surface area contributed by atoms with Crippen molar-refractivity contribution in [3.63, 3.8) is 0 Å². The van der Waals surface area contributed by atoms with Crippen LogP contribution in [0.5, 0.6) is 0 Å². The lowest BCUT2D eigenvalue weighted by atomic mass is 10.2. The molecule has 0 aliphatic carbocycles. The molecule has 9 heteroatoms. The van der Waals surface area contributed by atoms with Gasteiger partial charge in [-0.25, -0.2) is 13.2 Å². The van der Waals surface area contributed by atoms with Crippen LogP contribution in [0.1, 0.15) is 21.5 Å². The number of nitrogens with one attached hydrogen (secondary N) is 2. The van der Waals surface area contributed by atoms with E-state index in [-0.39, 0.29) is 22.9 Å². The zero-order valence-electron chi connectivity index (χ0n) is 17.1. The van der Waals surface area contributed by atoms with Crippen molar-refractivity contribution >= 4 is 33.3 Å². The van der Waals surface area contributed by atoms with Crippen molar-refractivity contribution in [2.75, 3.05) is 16.2 Å². The Morgan fingerprint density at radius 2 is 1.72 bits per heavy atom. The molecule has 8 nitrogen and oxygen atoms in total. The zero-order chi connectivity index (χ0) is 22.7. The van der Waals surface area contributed by atoms with Gasteiger partial charge in [0.05, 0.1) is 10.6 Å². The van der Waals surface area contributed by atoms with Crippen molar-refractivity contribution in [1.82, 2.24) is 5.32 Å². The molecule has 1 aliphatic rings. The summed E-state index contributed by atoms with van der Waals surface area (Å²) < 4.78 is 27.8. The number of fused-ring (bicyclic) bond motifs is 1. The highest BCUT2D eigenvalue weighted by molar-refractivity contribution is 7.92. The summed E-state index contributed by atoms with van der Waals surface area (Å²) in [5.41, 5.74) is 8.36. The number of anilines is 2. The van der Waals surface area contributed by atoms with Gasteiger partial charge in [0.2, 0.25) is 0 Å². The van der Waals surface area contributed by atoms with Crippen molar-refractivity contribution in [2.45, 2.75) is 17.9 Å². The van der Waals surface area contributed by atoms with Crippen LogP contribution < -0.4 is 20.7 Å². The van der Waals surface area contributed by atoms with Crippen molar-refractivity contribution < 1.29 is 18.0 Å². The van der Waals surface area contributed by atoms with Crippen molar-refractivity contribution in [3.05, 3.63) is 89.5 Å². The average molecular weight is 451 g/mol. The number of nitrogens with zero attached hydrogens (tertiary/aromatic N) is 1. The molecule has 0 saturated heterocycles. The van der Waals surface area contributed by atoms with Crippen LogP contribution in [-0.2, 0) is 23.0 Å². The Morgan fingerprint density at radius 3 is 2.47 bits per heavy atom. The van der Waals surface area contributed by atoms with Gasteiger partial charge in [-0.05, 0) is 53.9 Å². The summed E-state index contributed by atoms with van der Waals surface area (Å²) in [4.78, 5) is 23.6. The predicted octanol–water partition coefficient (Wildman–Crippen LogP) is 2.86. The molecular formula is C23H22N4O4S. The molecule has 0 radical (unpaired) electrons. The van der Waals surface area contributed by atoms with Gasteiger partial charge in [0.1, 0.15) is 0 Å². The molecule has 0 atom stereocenters. The van der Waals surface area contributed by atoms with Crippen molar-refractivity contribution in [1.29, 1.82) is 0 Å². The third kappa shape index (κ3) is 4.42. The Balaban J connectivity index is 1.47. The number of hydrogen-bond acceptors (Lipinski definition) is 4. The maximum Gasteiger partial charge on any atom is 0.316 e. The van der Waals surface area contributed by atoms with E-state index >= 15 is 0 Å². The third-order valence-corrected chi connectivity index (χ3v) is 7.01. The molecule has 1 heterocycles. The van der Waals surface area contributed by atoms with Gasteiger partial charge in [-0.2, -0.15) is 0 Å². The number of sulfonamides is 1. The summed E-state index contributed by atoms with van der Waals surface area (Å²) in [6.45, 7) is 0.616. The second kappa shape index (κ2) is 8.72. The number of rotatable bonds is 6. The van der Waals surface area contributed by atoms with Gasteiger partial charge in [-0.15, -0.1) is 0 Å². The SMILES string of the molecule is NC(=O)Nc1ccc(CNC(=O)c2cccc(S(=O)(=O)N3CCc4ccccc43)c2)cc1. The molecule has 0 unspecified atom stereocenters. The maximum atomic E-state index is 13.2. The smallest absolute Gasteiger partial charge is 0.316 e. The summed E-state index contributed by atoms with van der Waals surface area (Å²) in [5.74, 6) is -0.386. The van der Waals surface area contributed by atoms with Gasteiger partial charge in [-0.1, -0.05) is 36.4 Å². The second-order valence-electron chi connectivity index (χ2n) is 7.35. The summed E-state index contributed by atoms with van der Waals surface area (Å²) in [5, 5.41) is 5.24. The lowest BCUT2D eigenvalue weighted by molar-refractivity contribution is 0.0950. The van der Waals surface area contributed by atoms with Gasteiger partial charge >= 0.3 is 6.03 Å². The molecule has 4 N–H and O–H groups in total. The van der Waals surface area contributed by atoms with E-state index in [9.17, 15) is 18.0 Å². The standard InChI is InChI=1S/C23H22N4O4S/c24-23(29)26-19-10-8-16(9-11-19)15-25-22(28)18-5-3-6-20(14-18)32(30,31)27-13-12-17-4-1-2-7-21(17)27/h1-11,14H,12-13,15H2,(H,25,28)(H3,24,26,29). The lowest BCUT2D eigenvalue weighted by Gasteiger charge is -2.20. The Kier molecular flexibility index (Phi) is 5.83. The van der Waals surface area contributed by atoms with Crippen LogP contribution in [0.25, 0.3) is 0 Å². The number of urea groups is 1. The monoisotopic (exact) mass is 450 g/mol. The number of benzene rings is 3. The Hall–Kier alpha value is -3.85. The highest BCUT2D eigenvalue weighted by atomic mass is 32.2. The molecule has 0 bridgehead atoms. The van der Waals surface area contributed by atoms with Crippen LogP contribution in [0.15, 0.2) is 77.7 Å². The van der Waals surface area contributed by atoms with E-state index in [4.69, 9.17) is 5.73 Å². The first-order valence-corrected chi connectivity index (χ1v) is 11.4. The second-order valence-corrected chi connectivity index (χ2v) is 9.21. The zero-order valence-corrected chi connectivity index (χ0v) is 17.9. The van der Waals surface area contributed by atoms with Crippen molar-refractivity contribution in [3.8, 4) is 0 Å². The van der Waals surface area contributed by atoms with Crippen LogP contribution in [0.3, 0.4) is 0 Å². The van der Waals surface area contributed by atoms with Crippen molar-refractivity contribution in [2.24, 2.45) is 5.73 Å². The van der Waals surface area contributed by atoms with E-state index in [2.05, 4.69) is 10.6 Å². The van der Waals surface area contributed by atoms with E-state index in [0.29, 0.717) is 24.3 Å². The summed E-state index contributed by atoms with van der Waals surface area (Å²) >= 11 is 0. The molecule has 164 valence electrons. The van der Waals surface area contributed by atoms with Crippen LogP contribution in [-0.4, -0.2) is 26.9 Å². The molecule has 3 aromatic carbocycles. The molecule has 0 saturated carbocycles. The highest BCUT2D eigenvalue weighted by Gasteiger charge is 2.30. The van der Waals surface area contributed by atoms with Gasteiger partial charge in [0, 0.05) is 24.3 Å². The number of hydrogen-bond donors (Lipinski definition) is 3. The lowest BCUT2D eigenvalue weighted by Crippen LogP contribution is -2.29. The van der Waals surface area contributed by atoms with Gasteiger partial charge in [0.15, 0.2) is 0 Å². The maximum absolute atomic E-state index is 13.2. The van der Waals surface area contributed by atoms with E-state index in [1.807, 2.05) is 18.2 Å². The van der Waals surface area contributed by atoms with E-state index in [1.165, 1.54) is 16.4 Å². The van der Waals surface area contributed by atoms with Gasteiger partial charge in [-0.3, -0.25) is 9.10 Å². The van der Waals surface area contributed by atoms with Crippen LogP contribution in [0.2, 0.25) is 0 Å². The first-order chi connectivity index (χ1) is 15.3. The minimum atomic E-state index is -3.78. The summed E-state index contributed by atoms with van der Waals surface area (Å²) in [6, 6.07) is 19.6. The third-order valence-electron chi connectivity index (χ3n) is 5.20. The summed E-state index contributed by atoms with van der Waals surface area (Å²) in [7, 11) is -3.78. The van der Waals surface area contributed by atoms with E-state index in [0.717, 1.165) is 11.1 Å². The molecule has 3 aromatic rings. The molecule has 3 amide bonds. The van der Waals surface area contributed by atoms with Gasteiger partial charge in [0.25, 0.3) is 15.9 Å². The molecular weight excluding hydrogens is 428 g/mol. The van der Waals surface area contributed by atoms with Crippen LogP contribution in [0.4, 0.5) is 16.2 Å². The predicted molar refractivity (Wildman–Crippen MR) is 122 cm³/mol. The number of para-hydroxylation sites is 1. The fourth-order valence-corrected chi connectivity index (χ4v) is 5.16. The first kappa shape index (κ1) is 21.4. The molecule has 4 rings (SSSR count). The number of carbonyl (C=O) groups excluding carboxylic acids is 2. The number of amides is 3. The molecule has 0 aromatic heterocycles. The Bertz CT molecular complexity index is 1270. The molecule has 32 heavy (non-hydrogen) atoms.